The zero-order valence-electron chi connectivity index (χ0n) is 8.75. The molecule has 2 rings (SSSR count). The molecule has 4 heteroatoms. The second-order valence-electron chi connectivity index (χ2n) is 3.90. The third-order valence-corrected chi connectivity index (χ3v) is 4.37. The first kappa shape index (κ1) is 11.1. The number of aryl methyl sites for hydroxylation is 1. The van der Waals surface area contributed by atoms with Crippen molar-refractivity contribution in [3.63, 3.8) is 0 Å². The molecule has 0 radical (unpaired) electrons. The molecule has 0 bridgehead atoms. The maximum Gasteiger partial charge on any atom is 0.222 e. The number of carbonyl (C=O) groups excluding carboxylic acids is 1. The van der Waals surface area contributed by atoms with Gasteiger partial charge < -0.3 is 4.90 Å². The molecule has 0 saturated carbocycles. The van der Waals surface area contributed by atoms with Crippen molar-refractivity contribution in [2.24, 2.45) is 0 Å². The highest BCUT2D eigenvalue weighted by Gasteiger charge is 2.19. The fourth-order valence-electron chi connectivity index (χ4n) is 1.87. The fourth-order valence-corrected chi connectivity index (χ4v) is 3.62. The lowest BCUT2D eigenvalue weighted by molar-refractivity contribution is -0.133. The summed E-state index contributed by atoms with van der Waals surface area (Å²) in [5.74, 6) is 0.308. The average Bonchev–Trinajstić information content (AvgIpc) is 2.49. The van der Waals surface area contributed by atoms with Crippen LogP contribution >= 0.6 is 27.3 Å². The summed E-state index contributed by atoms with van der Waals surface area (Å²) in [4.78, 5) is 14.9. The van der Waals surface area contributed by atoms with Gasteiger partial charge in [-0.1, -0.05) is 0 Å². The van der Waals surface area contributed by atoms with Crippen LogP contribution in [0.2, 0.25) is 0 Å². The van der Waals surface area contributed by atoms with E-state index < -0.39 is 0 Å². The highest BCUT2D eigenvalue weighted by molar-refractivity contribution is 9.11. The minimum Gasteiger partial charge on any atom is -0.338 e. The van der Waals surface area contributed by atoms with Gasteiger partial charge in [0.15, 0.2) is 0 Å². The van der Waals surface area contributed by atoms with Gasteiger partial charge in [0, 0.05) is 24.4 Å². The molecule has 2 heterocycles. The zero-order chi connectivity index (χ0) is 10.8. The van der Waals surface area contributed by atoms with Gasteiger partial charge in [-0.25, -0.2) is 0 Å². The lowest BCUT2D eigenvalue weighted by atomic mass is 10.1. The highest BCUT2D eigenvalue weighted by Crippen LogP contribution is 2.28. The number of amides is 1. The van der Waals surface area contributed by atoms with E-state index in [0.29, 0.717) is 5.91 Å². The highest BCUT2D eigenvalue weighted by atomic mass is 79.9. The summed E-state index contributed by atoms with van der Waals surface area (Å²) < 4.78 is 1.15. The Morgan fingerprint density at radius 2 is 2.33 bits per heavy atom. The number of hydrogen-bond acceptors (Lipinski definition) is 2. The summed E-state index contributed by atoms with van der Waals surface area (Å²) in [5, 5.41) is 0. The molecule has 82 valence electrons. The first-order valence-corrected chi connectivity index (χ1v) is 6.80. The molecular weight excluding hydrogens is 274 g/mol. The van der Waals surface area contributed by atoms with Crippen molar-refractivity contribution >= 4 is 33.2 Å². The maximum atomic E-state index is 11.6. The molecule has 2 nitrogen and oxygen atoms in total. The van der Waals surface area contributed by atoms with Crippen molar-refractivity contribution in [2.45, 2.75) is 32.7 Å². The van der Waals surface area contributed by atoms with Gasteiger partial charge in [0.05, 0.1) is 3.79 Å². The Morgan fingerprint density at radius 1 is 1.53 bits per heavy atom. The van der Waals surface area contributed by atoms with Crippen LogP contribution in [0.15, 0.2) is 9.85 Å². The standard InChI is InChI=1S/C11H14BrNOS/c1-8-9(6-10(12)15-8)7-13-5-3-2-4-11(13)14/h6H,2-5,7H2,1H3. The van der Waals surface area contributed by atoms with Crippen LogP contribution in [0, 0.1) is 6.92 Å². The van der Waals surface area contributed by atoms with E-state index in [0.717, 1.165) is 36.1 Å². The van der Waals surface area contributed by atoms with Crippen molar-refractivity contribution in [3.05, 3.63) is 20.3 Å². The predicted octanol–water partition coefficient (Wildman–Crippen LogP) is 3.33. The molecule has 0 atom stereocenters. The largest absolute Gasteiger partial charge is 0.338 e. The predicted molar refractivity (Wildman–Crippen MR) is 66.0 cm³/mol. The fraction of sp³-hybridized carbons (Fsp3) is 0.545. The molecule has 1 aliphatic heterocycles. The summed E-state index contributed by atoms with van der Waals surface area (Å²) in [6, 6.07) is 2.13. The van der Waals surface area contributed by atoms with Crippen LogP contribution in [0.4, 0.5) is 0 Å². The molecule has 0 aromatic carbocycles. The van der Waals surface area contributed by atoms with Crippen LogP contribution in [0.1, 0.15) is 29.7 Å². The van der Waals surface area contributed by atoms with Crippen LogP contribution in [0.25, 0.3) is 0 Å². The summed E-state index contributed by atoms with van der Waals surface area (Å²) in [5.41, 5.74) is 1.28. The molecule has 1 aromatic rings. The molecule has 1 amide bonds. The Balaban J connectivity index is 2.07. The number of carbonyl (C=O) groups is 1. The van der Waals surface area contributed by atoms with Crippen LogP contribution in [0.3, 0.4) is 0 Å². The van der Waals surface area contributed by atoms with Gasteiger partial charge in [-0.3, -0.25) is 4.79 Å². The van der Waals surface area contributed by atoms with Gasteiger partial charge in [0.1, 0.15) is 0 Å². The molecule has 0 spiro atoms. The Bertz CT molecular complexity index is 375. The topological polar surface area (TPSA) is 20.3 Å². The van der Waals surface area contributed by atoms with Crippen molar-refractivity contribution < 1.29 is 4.79 Å². The van der Waals surface area contributed by atoms with Crippen LogP contribution in [-0.2, 0) is 11.3 Å². The van der Waals surface area contributed by atoms with E-state index in [2.05, 4.69) is 28.9 Å². The van der Waals surface area contributed by atoms with Crippen molar-refractivity contribution in [1.82, 2.24) is 4.90 Å². The SMILES string of the molecule is Cc1sc(Br)cc1CN1CCCCC1=O. The van der Waals surface area contributed by atoms with Crippen molar-refractivity contribution in [1.29, 1.82) is 0 Å². The van der Waals surface area contributed by atoms with E-state index in [1.807, 2.05) is 4.90 Å². The summed E-state index contributed by atoms with van der Waals surface area (Å²) in [6.45, 7) is 3.82. The van der Waals surface area contributed by atoms with E-state index in [9.17, 15) is 4.79 Å². The zero-order valence-corrected chi connectivity index (χ0v) is 11.2. The molecule has 1 aliphatic rings. The van der Waals surface area contributed by atoms with Crippen LogP contribution < -0.4 is 0 Å². The van der Waals surface area contributed by atoms with E-state index in [1.165, 1.54) is 10.4 Å². The lowest BCUT2D eigenvalue weighted by Gasteiger charge is -2.26. The molecular formula is C11H14BrNOS. The Hall–Kier alpha value is -0.350. The third-order valence-electron chi connectivity index (χ3n) is 2.77. The number of hydrogen-bond donors (Lipinski definition) is 0. The van der Waals surface area contributed by atoms with Gasteiger partial charge >= 0.3 is 0 Å². The minimum atomic E-state index is 0.308. The summed E-state index contributed by atoms with van der Waals surface area (Å²) >= 11 is 5.22. The first-order chi connectivity index (χ1) is 7.16. The minimum absolute atomic E-state index is 0.308. The van der Waals surface area contributed by atoms with Crippen molar-refractivity contribution in [2.75, 3.05) is 6.54 Å². The molecule has 0 N–H and O–H groups in total. The lowest BCUT2D eigenvalue weighted by Crippen LogP contribution is -2.34. The molecule has 0 unspecified atom stereocenters. The normalized spacial score (nSPS) is 17.2. The molecule has 1 aromatic heterocycles. The third kappa shape index (κ3) is 2.61. The van der Waals surface area contributed by atoms with E-state index in [1.54, 1.807) is 11.3 Å². The number of piperidine rings is 1. The van der Waals surface area contributed by atoms with E-state index in [-0.39, 0.29) is 0 Å². The Kier molecular flexibility index (Phi) is 3.46. The second kappa shape index (κ2) is 4.66. The van der Waals surface area contributed by atoms with Gasteiger partial charge in [0.25, 0.3) is 0 Å². The molecule has 0 aliphatic carbocycles. The average molecular weight is 288 g/mol. The second-order valence-corrected chi connectivity index (χ2v) is 6.54. The number of likely N-dealkylation sites (tertiary alicyclic amines) is 1. The molecule has 15 heavy (non-hydrogen) atoms. The smallest absolute Gasteiger partial charge is 0.222 e. The summed E-state index contributed by atoms with van der Waals surface area (Å²) in [6.07, 6.45) is 2.93. The van der Waals surface area contributed by atoms with E-state index in [4.69, 9.17) is 0 Å². The Labute approximate surface area is 102 Å². The van der Waals surface area contributed by atoms with E-state index >= 15 is 0 Å². The first-order valence-electron chi connectivity index (χ1n) is 5.19. The van der Waals surface area contributed by atoms with Crippen LogP contribution in [-0.4, -0.2) is 17.4 Å². The van der Waals surface area contributed by atoms with Gasteiger partial charge in [-0.2, -0.15) is 0 Å². The Morgan fingerprint density at radius 3 is 2.93 bits per heavy atom. The molecule has 1 saturated heterocycles. The van der Waals surface area contributed by atoms with Gasteiger partial charge in [-0.05, 0) is 47.3 Å². The number of halogens is 1. The van der Waals surface area contributed by atoms with Crippen LogP contribution in [0.5, 0.6) is 0 Å². The monoisotopic (exact) mass is 287 g/mol. The van der Waals surface area contributed by atoms with Gasteiger partial charge in [-0.15, -0.1) is 11.3 Å². The van der Waals surface area contributed by atoms with Gasteiger partial charge in [0.2, 0.25) is 5.91 Å². The number of thiophene rings is 1. The quantitative estimate of drug-likeness (QED) is 0.817. The summed E-state index contributed by atoms with van der Waals surface area (Å²) in [7, 11) is 0. The number of nitrogens with zero attached hydrogens (tertiary/aromatic N) is 1. The maximum absolute atomic E-state index is 11.6. The molecule has 1 fully saturated rings. The number of rotatable bonds is 2. The van der Waals surface area contributed by atoms with Crippen molar-refractivity contribution in [3.8, 4) is 0 Å².